The molecule has 2 aliphatic carbocycles. The quantitative estimate of drug-likeness (QED) is 0.814. The zero-order chi connectivity index (χ0) is 12.8. The minimum Gasteiger partial charge on any atom is -0.497 e. The number of methoxy groups -OCH3 is 1. The first-order valence-electron chi connectivity index (χ1n) is 6.95. The van der Waals surface area contributed by atoms with Crippen LogP contribution in [-0.4, -0.2) is 12.1 Å². The highest BCUT2D eigenvalue weighted by Crippen LogP contribution is 2.65. The van der Waals surface area contributed by atoms with Crippen molar-refractivity contribution in [3.63, 3.8) is 0 Å². The number of aromatic nitrogens is 1. The molecule has 96 valence electrons. The van der Waals surface area contributed by atoms with Crippen molar-refractivity contribution < 1.29 is 4.74 Å². The summed E-state index contributed by atoms with van der Waals surface area (Å²) >= 11 is 0. The van der Waals surface area contributed by atoms with Crippen LogP contribution in [0.15, 0.2) is 42.7 Å². The number of ether oxygens (including phenoxy) is 1. The molecule has 3 atom stereocenters. The second kappa shape index (κ2) is 4.09. The number of pyridine rings is 1. The van der Waals surface area contributed by atoms with Gasteiger partial charge in [0.2, 0.25) is 0 Å². The lowest BCUT2D eigenvalue weighted by atomic mass is 9.91. The third-order valence-corrected chi connectivity index (χ3v) is 4.72. The van der Waals surface area contributed by atoms with Gasteiger partial charge in [0.05, 0.1) is 7.11 Å². The molecule has 2 aliphatic rings. The van der Waals surface area contributed by atoms with Crippen molar-refractivity contribution in [2.24, 2.45) is 5.92 Å². The molecule has 4 rings (SSSR count). The predicted octanol–water partition coefficient (Wildman–Crippen LogP) is 3.53. The first-order chi connectivity index (χ1) is 9.38. The predicted molar refractivity (Wildman–Crippen MR) is 74.5 cm³/mol. The summed E-state index contributed by atoms with van der Waals surface area (Å²) < 4.78 is 5.38. The molecule has 2 nitrogen and oxygen atoms in total. The first kappa shape index (κ1) is 11.0. The van der Waals surface area contributed by atoms with Gasteiger partial charge in [-0.15, -0.1) is 0 Å². The Hall–Kier alpha value is -1.83. The average molecular weight is 251 g/mol. The molecule has 0 amide bonds. The fourth-order valence-corrected chi connectivity index (χ4v) is 3.76. The summed E-state index contributed by atoms with van der Waals surface area (Å²) in [6, 6.07) is 10.9. The van der Waals surface area contributed by atoms with Crippen molar-refractivity contribution in [2.45, 2.75) is 24.7 Å². The topological polar surface area (TPSA) is 22.1 Å². The van der Waals surface area contributed by atoms with Gasteiger partial charge in [-0.3, -0.25) is 4.98 Å². The maximum Gasteiger partial charge on any atom is 0.119 e. The SMILES string of the molecule is COc1ccc2c(c1)[C@H]1[C@@H](CC2)[C@@H]1c1ccncc1. The zero-order valence-electron chi connectivity index (χ0n) is 11.0. The van der Waals surface area contributed by atoms with E-state index in [0.29, 0.717) is 11.8 Å². The summed E-state index contributed by atoms with van der Waals surface area (Å²) in [6.07, 6.45) is 6.34. The molecule has 1 saturated carbocycles. The number of aryl methyl sites for hydroxylation is 1. The smallest absolute Gasteiger partial charge is 0.119 e. The van der Waals surface area contributed by atoms with Gasteiger partial charge in [0, 0.05) is 12.4 Å². The number of fused-ring (bicyclic) bond motifs is 3. The number of benzene rings is 1. The molecule has 1 aromatic heterocycles. The second-order valence-electron chi connectivity index (χ2n) is 5.60. The Bertz CT molecular complexity index is 608. The molecule has 0 spiro atoms. The van der Waals surface area contributed by atoms with Crippen LogP contribution in [0.25, 0.3) is 0 Å². The fraction of sp³-hybridized carbons (Fsp3) is 0.353. The van der Waals surface area contributed by atoms with E-state index >= 15 is 0 Å². The van der Waals surface area contributed by atoms with Crippen LogP contribution >= 0.6 is 0 Å². The maximum atomic E-state index is 5.38. The van der Waals surface area contributed by atoms with E-state index < -0.39 is 0 Å². The molecule has 0 bridgehead atoms. The Morgan fingerprint density at radius 3 is 2.74 bits per heavy atom. The summed E-state index contributed by atoms with van der Waals surface area (Å²) in [5, 5.41) is 0. The van der Waals surface area contributed by atoms with Gasteiger partial charge in [-0.1, -0.05) is 6.07 Å². The van der Waals surface area contributed by atoms with Gasteiger partial charge in [-0.05, 0) is 71.6 Å². The molecular formula is C17H17NO. The van der Waals surface area contributed by atoms with E-state index in [1.165, 1.54) is 29.5 Å². The summed E-state index contributed by atoms with van der Waals surface area (Å²) in [4.78, 5) is 4.12. The minimum atomic E-state index is 0.691. The molecule has 1 fully saturated rings. The highest BCUT2D eigenvalue weighted by molar-refractivity contribution is 5.48. The maximum absolute atomic E-state index is 5.38. The third-order valence-electron chi connectivity index (χ3n) is 4.72. The van der Waals surface area contributed by atoms with Crippen molar-refractivity contribution in [3.05, 3.63) is 59.4 Å². The van der Waals surface area contributed by atoms with Gasteiger partial charge < -0.3 is 4.74 Å². The summed E-state index contributed by atoms with van der Waals surface area (Å²) in [5.41, 5.74) is 4.47. The number of hydrogen-bond donors (Lipinski definition) is 0. The van der Waals surface area contributed by atoms with Gasteiger partial charge >= 0.3 is 0 Å². The van der Waals surface area contributed by atoms with E-state index in [0.717, 1.165) is 11.7 Å². The van der Waals surface area contributed by atoms with Crippen molar-refractivity contribution in [3.8, 4) is 5.75 Å². The number of nitrogens with zero attached hydrogens (tertiary/aromatic N) is 1. The molecule has 19 heavy (non-hydrogen) atoms. The lowest BCUT2D eigenvalue weighted by molar-refractivity contribution is 0.413. The summed E-state index contributed by atoms with van der Waals surface area (Å²) in [5.74, 6) is 3.19. The van der Waals surface area contributed by atoms with Gasteiger partial charge in [-0.25, -0.2) is 0 Å². The largest absolute Gasteiger partial charge is 0.497 e. The highest BCUT2D eigenvalue weighted by Gasteiger charge is 2.53. The minimum absolute atomic E-state index is 0.691. The molecule has 0 unspecified atom stereocenters. The van der Waals surface area contributed by atoms with E-state index in [2.05, 4.69) is 35.3 Å². The van der Waals surface area contributed by atoms with Crippen LogP contribution in [-0.2, 0) is 6.42 Å². The number of hydrogen-bond acceptors (Lipinski definition) is 2. The van der Waals surface area contributed by atoms with Gasteiger partial charge in [0.1, 0.15) is 5.75 Å². The monoisotopic (exact) mass is 251 g/mol. The summed E-state index contributed by atoms with van der Waals surface area (Å²) in [7, 11) is 1.75. The molecule has 0 radical (unpaired) electrons. The molecule has 0 aliphatic heterocycles. The van der Waals surface area contributed by atoms with E-state index in [9.17, 15) is 0 Å². The summed E-state index contributed by atoms with van der Waals surface area (Å²) in [6.45, 7) is 0. The van der Waals surface area contributed by atoms with Crippen LogP contribution < -0.4 is 4.74 Å². The van der Waals surface area contributed by atoms with E-state index in [1.807, 2.05) is 12.4 Å². The Kier molecular flexibility index (Phi) is 2.37. The first-order valence-corrected chi connectivity index (χ1v) is 6.95. The second-order valence-corrected chi connectivity index (χ2v) is 5.60. The normalized spacial score (nSPS) is 27.3. The molecule has 1 heterocycles. The highest BCUT2D eigenvalue weighted by atomic mass is 16.5. The van der Waals surface area contributed by atoms with Crippen LogP contribution in [0.4, 0.5) is 0 Å². The van der Waals surface area contributed by atoms with Gasteiger partial charge in [0.25, 0.3) is 0 Å². The van der Waals surface area contributed by atoms with Crippen LogP contribution in [0.3, 0.4) is 0 Å². The van der Waals surface area contributed by atoms with Gasteiger partial charge in [0.15, 0.2) is 0 Å². The van der Waals surface area contributed by atoms with Crippen molar-refractivity contribution >= 4 is 0 Å². The van der Waals surface area contributed by atoms with Crippen molar-refractivity contribution in [1.29, 1.82) is 0 Å². The van der Waals surface area contributed by atoms with Crippen molar-refractivity contribution in [2.75, 3.05) is 7.11 Å². The lowest BCUT2D eigenvalue weighted by Crippen LogP contribution is -2.01. The van der Waals surface area contributed by atoms with Crippen LogP contribution in [0.1, 0.15) is 34.9 Å². The fourth-order valence-electron chi connectivity index (χ4n) is 3.76. The van der Waals surface area contributed by atoms with E-state index in [-0.39, 0.29) is 0 Å². The Labute approximate surface area is 113 Å². The molecule has 2 heteroatoms. The van der Waals surface area contributed by atoms with Crippen molar-refractivity contribution in [1.82, 2.24) is 4.98 Å². The van der Waals surface area contributed by atoms with Crippen LogP contribution in [0.5, 0.6) is 5.75 Å². The zero-order valence-corrected chi connectivity index (χ0v) is 11.0. The number of rotatable bonds is 2. The molecular weight excluding hydrogens is 234 g/mol. The van der Waals surface area contributed by atoms with E-state index in [1.54, 1.807) is 7.11 Å². The molecule has 0 N–H and O–H groups in total. The average Bonchev–Trinajstić information content (AvgIpc) is 3.22. The Morgan fingerprint density at radius 2 is 1.95 bits per heavy atom. The Balaban J connectivity index is 1.72. The molecule has 2 aromatic rings. The lowest BCUT2D eigenvalue weighted by Gasteiger charge is -2.15. The third kappa shape index (κ3) is 1.66. The standard InChI is InChI=1S/C17H17NO/c1-19-13-4-2-11-3-5-14-16(17(14)15(11)10-13)12-6-8-18-9-7-12/h2,4,6-10,14,16-17H,3,5H2,1H3/t14-,16-,17+/m0/s1. The van der Waals surface area contributed by atoms with E-state index in [4.69, 9.17) is 4.74 Å². The molecule has 1 aromatic carbocycles. The molecule has 0 saturated heterocycles. The van der Waals surface area contributed by atoms with Crippen LogP contribution in [0, 0.1) is 5.92 Å². The van der Waals surface area contributed by atoms with Gasteiger partial charge in [-0.2, -0.15) is 0 Å². The Morgan fingerprint density at radius 1 is 1.11 bits per heavy atom. The van der Waals surface area contributed by atoms with Crippen LogP contribution in [0.2, 0.25) is 0 Å².